The molecule has 0 radical (unpaired) electrons. The molecule has 1 atom stereocenters. The van der Waals surface area contributed by atoms with Crippen LogP contribution >= 0.6 is 0 Å². The van der Waals surface area contributed by atoms with Crippen LogP contribution in [0.4, 0.5) is 0 Å². The summed E-state index contributed by atoms with van der Waals surface area (Å²) < 4.78 is 15.9. The maximum atomic E-state index is 12.8. The van der Waals surface area contributed by atoms with Gasteiger partial charge >= 0.3 is 0 Å². The van der Waals surface area contributed by atoms with Gasteiger partial charge < -0.3 is 24.8 Å². The summed E-state index contributed by atoms with van der Waals surface area (Å²) in [7, 11) is 1.57. The van der Waals surface area contributed by atoms with Gasteiger partial charge in [0.25, 0.3) is 0 Å². The third-order valence-electron chi connectivity index (χ3n) is 4.75. The van der Waals surface area contributed by atoms with E-state index in [1.165, 1.54) is 6.42 Å². The van der Waals surface area contributed by atoms with Crippen molar-refractivity contribution in [2.45, 2.75) is 50.7 Å². The largest absolute Gasteiger partial charge is 0.454 e. The Labute approximate surface area is 142 Å². The zero-order valence-corrected chi connectivity index (χ0v) is 14.2. The molecular weight excluding hydrogens is 308 g/mol. The van der Waals surface area contributed by atoms with Crippen molar-refractivity contribution >= 4 is 5.91 Å². The highest BCUT2D eigenvalue weighted by Crippen LogP contribution is 2.33. The second-order valence-electron chi connectivity index (χ2n) is 6.51. The first-order chi connectivity index (χ1) is 11.7. The average Bonchev–Trinajstić information content (AvgIpc) is 3.08. The first-order valence-corrected chi connectivity index (χ1v) is 8.62. The van der Waals surface area contributed by atoms with Gasteiger partial charge in [0.15, 0.2) is 11.5 Å². The van der Waals surface area contributed by atoms with Crippen LogP contribution in [-0.4, -0.2) is 43.4 Å². The highest BCUT2D eigenvalue weighted by Gasteiger charge is 2.29. The Morgan fingerprint density at radius 3 is 2.79 bits per heavy atom. The molecular formula is C18H26N2O4. The molecule has 0 spiro atoms. The van der Waals surface area contributed by atoms with Crippen LogP contribution in [0.15, 0.2) is 18.2 Å². The third-order valence-corrected chi connectivity index (χ3v) is 4.75. The number of hydrogen-bond acceptors (Lipinski definition) is 5. The number of amides is 1. The lowest BCUT2D eigenvalue weighted by Crippen LogP contribution is -2.50. The van der Waals surface area contributed by atoms with Crippen LogP contribution in [0.3, 0.4) is 0 Å². The van der Waals surface area contributed by atoms with Crippen LogP contribution in [0.2, 0.25) is 0 Å². The number of ether oxygens (including phenoxy) is 3. The van der Waals surface area contributed by atoms with E-state index >= 15 is 0 Å². The van der Waals surface area contributed by atoms with E-state index in [2.05, 4.69) is 0 Å². The van der Waals surface area contributed by atoms with E-state index in [0.717, 1.165) is 42.7 Å². The van der Waals surface area contributed by atoms with Gasteiger partial charge in [-0.1, -0.05) is 25.3 Å². The topological polar surface area (TPSA) is 74.0 Å². The van der Waals surface area contributed by atoms with Gasteiger partial charge in [0.1, 0.15) is 6.04 Å². The number of nitrogens with zero attached hydrogens (tertiary/aromatic N) is 1. The van der Waals surface area contributed by atoms with Gasteiger partial charge in [-0.05, 0) is 30.5 Å². The second kappa shape index (κ2) is 7.85. The average molecular weight is 334 g/mol. The Morgan fingerprint density at radius 2 is 2.04 bits per heavy atom. The number of rotatable bonds is 6. The second-order valence-corrected chi connectivity index (χ2v) is 6.51. The van der Waals surface area contributed by atoms with Crippen LogP contribution in [0.25, 0.3) is 0 Å². The minimum absolute atomic E-state index is 0.0404. The Hall–Kier alpha value is -1.79. The molecule has 3 rings (SSSR count). The summed E-state index contributed by atoms with van der Waals surface area (Å²) in [4.78, 5) is 14.8. The fraction of sp³-hybridized carbons (Fsp3) is 0.611. The molecule has 2 N–H and O–H groups in total. The van der Waals surface area contributed by atoms with E-state index in [-0.39, 0.29) is 25.3 Å². The van der Waals surface area contributed by atoms with Gasteiger partial charge in [-0.2, -0.15) is 0 Å². The van der Waals surface area contributed by atoms with Crippen LogP contribution in [0.1, 0.15) is 37.7 Å². The predicted molar refractivity (Wildman–Crippen MR) is 89.8 cm³/mol. The quantitative estimate of drug-likeness (QED) is 0.862. The maximum absolute atomic E-state index is 12.8. The molecule has 1 unspecified atom stereocenters. The van der Waals surface area contributed by atoms with Crippen molar-refractivity contribution in [2.75, 3.05) is 20.5 Å². The molecule has 6 heteroatoms. The van der Waals surface area contributed by atoms with Crippen molar-refractivity contribution in [3.05, 3.63) is 23.8 Å². The fourth-order valence-electron chi connectivity index (χ4n) is 3.48. The van der Waals surface area contributed by atoms with Gasteiger partial charge in [0.2, 0.25) is 12.7 Å². The Balaban J connectivity index is 1.77. The van der Waals surface area contributed by atoms with Crippen molar-refractivity contribution in [1.82, 2.24) is 4.90 Å². The minimum atomic E-state index is -0.620. The molecule has 132 valence electrons. The standard InChI is InChI=1S/C18H26N2O4/c1-22-11-15(19)18(21)20(14-5-3-2-4-6-14)10-13-7-8-16-17(9-13)24-12-23-16/h7-9,14-15H,2-6,10-12,19H2,1H3. The van der Waals surface area contributed by atoms with Crippen molar-refractivity contribution < 1.29 is 19.0 Å². The van der Waals surface area contributed by atoms with Crippen molar-refractivity contribution in [2.24, 2.45) is 5.73 Å². The molecule has 0 aromatic heterocycles. The molecule has 0 saturated heterocycles. The Bertz CT molecular complexity index is 572. The van der Waals surface area contributed by atoms with Crippen LogP contribution < -0.4 is 15.2 Å². The summed E-state index contributed by atoms with van der Waals surface area (Å²) in [5.74, 6) is 1.46. The lowest BCUT2D eigenvalue weighted by Gasteiger charge is -2.36. The normalized spacial score (nSPS) is 18.4. The summed E-state index contributed by atoms with van der Waals surface area (Å²) >= 11 is 0. The molecule has 1 fully saturated rings. The Kier molecular flexibility index (Phi) is 5.58. The molecule has 2 aliphatic rings. The summed E-state index contributed by atoms with van der Waals surface area (Å²) in [6.07, 6.45) is 5.64. The van der Waals surface area contributed by atoms with Gasteiger partial charge in [-0.15, -0.1) is 0 Å². The zero-order chi connectivity index (χ0) is 16.9. The van der Waals surface area contributed by atoms with Crippen LogP contribution in [0.5, 0.6) is 11.5 Å². The van der Waals surface area contributed by atoms with Crippen LogP contribution in [0, 0.1) is 0 Å². The van der Waals surface area contributed by atoms with E-state index in [1.807, 2.05) is 23.1 Å². The summed E-state index contributed by atoms with van der Waals surface area (Å²) in [5.41, 5.74) is 7.05. The molecule has 1 aromatic rings. The number of benzene rings is 1. The number of carbonyl (C=O) groups excluding carboxylic acids is 1. The van der Waals surface area contributed by atoms with Crippen molar-refractivity contribution in [1.29, 1.82) is 0 Å². The van der Waals surface area contributed by atoms with E-state index < -0.39 is 6.04 Å². The highest BCUT2D eigenvalue weighted by molar-refractivity contribution is 5.82. The smallest absolute Gasteiger partial charge is 0.242 e. The van der Waals surface area contributed by atoms with Crippen molar-refractivity contribution in [3.8, 4) is 11.5 Å². The zero-order valence-electron chi connectivity index (χ0n) is 14.2. The molecule has 1 aromatic carbocycles. The van der Waals surface area contributed by atoms with Gasteiger partial charge in [-0.25, -0.2) is 0 Å². The van der Waals surface area contributed by atoms with E-state index in [4.69, 9.17) is 19.9 Å². The molecule has 1 saturated carbocycles. The lowest BCUT2D eigenvalue weighted by molar-refractivity contribution is -0.137. The number of fused-ring (bicyclic) bond motifs is 1. The summed E-state index contributed by atoms with van der Waals surface area (Å²) in [5, 5.41) is 0. The number of hydrogen-bond donors (Lipinski definition) is 1. The molecule has 0 bridgehead atoms. The lowest BCUT2D eigenvalue weighted by atomic mass is 9.93. The fourth-order valence-corrected chi connectivity index (χ4v) is 3.48. The number of methoxy groups -OCH3 is 1. The first-order valence-electron chi connectivity index (χ1n) is 8.62. The number of carbonyl (C=O) groups is 1. The van der Waals surface area contributed by atoms with Crippen molar-refractivity contribution in [3.63, 3.8) is 0 Å². The summed E-state index contributed by atoms with van der Waals surface area (Å²) in [6, 6.07) is 5.47. The maximum Gasteiger partial charge on any atom is 0.242 e. The van der Waals surface area contributed by atoms with Gasteiger partial charge in [0.05, 0.1) is 6.61 Å². The third kappa shape index (κ3) is 3.82. The highest BCUT2D eigenvalue weighted by atomic mass is 16.7. The van der Waals surface area contributed by atoms with E-state index in [1.54, 1.807) is 7.11 Å². The summed E-state index contributed by atoms with van der Waals surface area (Å²) in [6.45, 7) is 1.03. The monoisotopic (exact) mass is 334 g/mol. The predicted octanol–water partition coefficient (Wildman–Crippen LogP) is 2.05. The van der Waals surface area contributed by atoms with Crippen LogP contribution in [-0.2, 0) is 16.1 Å². The molecule has 1 aliphatic carbocycles. The SMILES string of the molecule is COCC(N)C(=O)N(Cc1ccc2c(c1)OCO2)C1CCCCC1. The minimum Gasteiger partial charge on any atom is -0.454 e. The molecule has 1 amide bonds. The van der Waals surface area contributed by atoms with E-state index in [9.17, 15) is 4.79 Å². The molecule has 24 heavy (non-hydrogen) atoms. The Morgan fingerprint density at radius 1 is 1.29 bits per heavy atom. The molecule has 1 aliphatic heterocycles. The van der Waals surface area contributed by atoms with E-state index in [0.29, 0.717) is 6.54 Å². The molecule has 6 nitrogen and oxygen atoms in total. The number of nitrogens with two attached hydrogens (primary N) is 1. The first kappa shape index (κ1) is 17.0. The van der Waals surface area contributed by atoms with Gasteiger partial charge in [-0.3, -0.25) is 4.79 Å². The van der Waals surface area contributed by atoms with Gasteiger partial charge in [0, 0.05) is 19.7 Å². The molecule has 1 heterocycles.